The van der Waals surface area contributed by atoms with Crippen molar-refractivity contribution in [1.29, 1.82) is 0 Å². The Hall–Kier alpha value is -1.30. The number of nitrogen functional groups attached to an aromatic ring is 1. The standard InChI is InChI=1S/C7H12N4O2/c1-5-4-11(2-3-12-5)7-10-9-6(8)13-7/h5H,2-4H2,1H3,(H2,8,9). The van der Waals surface area contributed by atoms with Crippen LogP contribution in [0.4, 0.5) is 12.0 Å². The van der Waals surface area contributed by atoms with Gasteiger partial charge in [0.25, 0.3) is 0 Å². The summed E-state index contributed by atoms with van der Waals surface area (Å²) in [5, 5.41) is 7.40. The lowest BCUT2D eigenvalue weighted by atomic mass is 10.3. The summed E-state index contributed by atoms with van der Waals surface area (Å²) in [7, 11) is 0. The Bertz CT molecular complexity index is 288. The van der Waals surface area contributed by atoms with E-state index in [9.17, 15) is 0 Å². The number of anilines is 2. The van der Waals surface area contributed by atoms with Crippen LogP contribution in [0.15, 0.2) is 4.42 Å². The molecule has 1 atom stereocenters. The maximum atomic E-state index is 5.37. The van der Waals surface area contributed by atoms with Gasteiger partial charge in [0, 0.05) is 13.1 Å². The van der Waals surface area contributed by atoms with Crippen LogP contribution in [0.5, 0.6) is 0 Å². The summed E-state index contributed by atoms with van der Waals surface area (Å²) in [6.07, 6.45) is 0.196. The molecule has 1 saturated heterocycles. The van der Waals surface area contributed by atoms with Crippen molar-refractivity contribution in [3.05, 3.63) is 0 Å². The normalized spacial score (nSPS) is 23.5. The predicted octanol–water partition coefficient (Wildman–Crippen LogP) is -0.123. The van der Waals surface area contributed by atoms with E-state index in [1.54, 1.807) is 0 Å². The molecule has 1 unspecified atom stereocenters. The second-order valence-corrected chi connectivity index (χ2v) is 3.05. The smallest absolute Gasteiger partial charge is 0.319 e. The minimum atomic E-state index is 0.106. The first-order valence-corrected chi connectivity index (χ1v) is 4.21. The molecule has 0 saturated carbocycles. The highest BCUT2D eigenvalue weighted by molar-refractivity contribution is 5.28. The Labute approximate surface area is 75.7 Å². The molecule has 0 bridgehead atoms. The van der Waals surface area contributed by atoms with Crippen molar-refractivity contribution in [3.8, 4) is 0 Å². The number of aromatic nitrogens is 2. The molecule has 13 heavy (non-hydrogen) atoms. The first-order chi connectivity index (χ1) is 6.25. The third kappa shape index (κ3) is 1.72. The Balaban J connectivity index is 2.08. The van der Waals surface area contributed by atoms with E-state index < -0.39 is 0 Å². The van der Waals surface area contributed by atoms with E-state index in [0.717, 1.165) is 13.1 Å². The van der Waals surface area contributed by atoms with Crippen LogP contribution in [-0.4, -0.2) is 36.0 Å². The van der Waals surface area contributed by atoms with Gasteiger partial charge in [-0.1, -0.05) is 10.2 Å². The molecule has 1 aromatic heterocycles. The van der Waals surface area contributed by atoms with Gasteiger partial charge in [-0.25, -0.2) is 0 Å². The predicted molar refractivity (Wildman–Crippen MR) is 46.3 cm³/mol. The van der Waals surface area contributed by atoms with Gasteiger partial charge in [0.15, 0.2) is 0 Å². The fourth-order valence-electron chi connectivity index (χ4n) is 1.35. The largest absolute Gasteiger partial charge is 0.390 e. The molecule has 1 aliphatic heterocycles. The van der Waals surface area contributed by atoms with Crippen molar-refractivity contribution < 1.29 is 9.15 Å². The van der Waals surface area contributed by atoms with Gasteiger partial charge >= 0.3 is 12.0 Å². The summed E-state index contributed by atoms with van der Waals surface area (Å²) >= 11 is 0. The summed E-state index contributed by atoms with van der Waals surface area (Å²) in [5.74, 6) is 0. The minimum Gasteiger partial charge on any atom is -0.390 e. The third-order valence-corrected chi connectivity index (χ3v) is 1.94. The molecule has 0 aliphatic carbocycles. The van der Waals surface area contributed by atoms with Crippen molar-refractivity contribution in [2.75, 3.05) is 30.3 Å². The lowest BCUT2D eigenvalue weighted by Gasteiger charge is -2.29. The molecule has 0 spiro atoms. The van der Waals surface area contributed by atoms with Crippen LogP contribution < -0.4 is 10.6 Å². The maximum Gasteiger partial charge on any atom is 0.319 e. The lowest BCUT2D eigenvalue weighted by molar-refractivity contribution is 0.0514. The molecule has 2 rings (SSSR count). The number of nitrogens with zero attached hydrogens (tertiary/aromatic N) is 3. The van der Waals surface area contributed by atoms with E-state index >= 15 is 0 Å². The molecule has 2 heterocycles. The van der Waals surface area contributed by atoms with Crippen LogP contribution in [0, 0.1) is 0 Å². The molecule has 1 fully saturated rings. The topological polar surface area (TPSA) is 77.4 Å². The highest BCUT2D eigenvalue weighted by Crippen LogP contribution is 2.16. The van der Waals surface area contributed by atoms with Crippen LogP contribution >= 0.6 is 0 Å². The van der Waals surface area contributed by atoms with Crippen LogP contribution in [0.2, 0.25) is 0 Å². The van der Waals surface area contributed by atoms with Gasteiger partial charge in [-0.05, 0) is 6.92 Å². The first kappa shape index (κ1) is 8.31. The Kier molecular flexibility index (Phi) is 2.05. The summed E-state index contributed by atoms with van der Waals surface area (Å²) in [5.41, 5.74) is 5.32. The number of morpholine rings is 1. The average Bonchev–Trinajstić information content (AvgIpc) is 2.52. The zero-order valence-corrected chi connectivity index (χ0v) is 7.43. The molecular weight excluding hydrogens is 172 g/mol. The van der Waals surface area contributed by atoms with E-state index in [0.29, 0.717) is 12.6 Å². The van der Waals surface area contributed by atoms with Gasteiger partial charge in [-0.2, -0.15) is 0 Å². The van der Waals surface area contributed by atoms with Crippen molar-refractivity contribution in [3.63, 3.8) is 0 Å². The van der Waals surface area contributed by atoms with Gasteiger partial charge in [-0.3, -0.25) is 0 Å². The second kappa shape index (κ2) is 3.21. The molecule has 6 nitrogen and oxygen atoms in total. The zero-order valence-electron chi connectivity index (χ0n) is 7.43. The fourth-order valence-corrected chi connectivity index (χ4v) is 1.35. The highest BCUT2D eigenvalue weighted by Gasteiger charge is 2.20. The lowest BCUT2D eigenvalue weighted by Crippen LogP contribution is -2.41. The van der Waals surface area contributed by atoms with Gasteiger partial charge in [0.2, 0.25) is 0 Å². The number of nitrogens with two attached hydrogens (primary N) is 1. The molecule has 1 aromatic rings. The van der Waals surface area contributed by atoms with Gasteiger partial charge < -0.3 is 19.8 Å². The highest BCUT2D eigenvalue weighted by atomic mass is 16.5. The van der Waals surface area contributed by atoms with Crippen molar-refractivity contribution >= 4 is 12.0 Å². The van der Waals surface area contributed by atoms with Gasteiger partial charge in [0.1, 0.15) is 0 Å². The Morgan fingerprint density at radius 3 is 3.00 bits per heavy atom. The molecule has 0 aromatic carbocycles. The molecule has 2 N–H and O–H groups in total. The van der Waals surface area contributed by atoms with Crippen molar-refractivity contribution in [1.82, 2.24) is 10.2 Å². The summed E-state index contributed by atoms with van der Waals surface area (Å²) in [6.45, 7) is 4.23. The summed E-state index contributed by atoms with van der Waals surface area (Å²) in [4.78, 5) is 1.97. The maximum absolute atomic E-state index is 5.37. The third-order valence-electron chi connectivity index (χ3n) is 1.94. The summed E-state index contributed by atoms with van der Waals surface area (Å²) in [6, 6.07) is 0.585. The van der Waals surface area contributed by atoms with E-state index in [1.807, 2.05) is 11.8 Å². The number of hydrogen-bond donors (Lipinski definition) is 1. The molecule has 0 radical (unpaired) electrons. The van der Waals surface area contributed by atoms with Gasteiger partial charge in [-0.15, -0.1) is 0 Å². The second-order valence-electron chi connectivity index (χ2n) is 3.05. The van der Waals surface area contributed by atoms with E-state index in [4.69, 9.17) is 14.9 Å². The fraction of sp³-hybridized carbons (Fsp3) is 0.714. The Morgan fingerprint density at radius 2 is 2.38 bits per heavy atom. The van der Waals surface area contributed by atoms with Crippen LogP contribution in [-0.2, 0) is 4.74 Å². The van der Waals surface area contributed by atoms with Gasteiger partial charge in [0.05, 0.1) is 12.7 Å². The van der Waals surface area contributed by atoms with E-state index in [-0.39, 0.29) is 12.1 Å². The quantitative estimate of drug-likeness (QED) is 0.655. The molecular formula is C7H12N4O2. The number of rotatable bonds is 1. The van der Waals surface area contributed by atoms with Crippen LogP contribution in [0.1, 0.15) is 6.92 Å². The number of ether oxygens (including phenoxy) is 1. The first-order valence-electron chi connectivity index (χ1n) is 4.21. The molecule has 6 heteroatoms. The van der Waals surface area contributed by atoms with E-state index in [1.165, 1.54) is 0 Å². The minimum absolute atomic E-state index is 0.106. The summed E-state index contributed by atoms with van der Waals surface area (Å²) < 4.78 is 10.5. The molecule has 0 amide bonds. The molecule has 72 valence electrons. The average molecular weight is 184 g/mol. The van der Waals surface area contributed by atoms with Crippen molar-refractivity contribution in [2.24, 2.45) is 0 Å². The zero-order chi connectivity index (χ0) is 9.26. The number of hydrogen-bond acceptors (Lipinski definition) is 6. The monoisotopic (exact) mass is 184 g/mol. The van der Waals surface area contributed by atoms with E-state index in [2.05, 4.69) is 10.2 Å². The van der Waals surface area contributed by atoms with Crippen LogP contribution in [0.25, 0.3) is 0 Å². The Morgan fingerprint density at radius 1 is 1.54 bits per heavy atom. The van der Waals surface area contributed by atoms with Crippen LogP contribution in [0.3, 0.4) is 0 Å². The molecule has 1 aliphatic rings. The van der Waals surface area contributed by atoms with Crippen molar-refractivity contribution in [2.45, 2.75) is 13.0 Å². The SMILES string of the molecule is CC1CN(c2nnc(N)o2)CCO1.